The highest BCUT2D eigenvalue weighted by Gasteiger charge is 2.05. The number of benzene rings is 2. The summed E-state index contributed by atoms with van der Waals surface area (Å²) in [5, 5.41) is 2.90. The van der Waals surface area contributed by atoms with Crippen molar-refractivity contribution in [3.8, 4) is 11.5 Å². The third kappa shape index (κ3) is 6.14. The smallest absolute Gasteiger partial charge is 0.257 e. The molecule has 0 aliphatic heterocycles. The molecular weight excluding hydrogens is 314 g/mol. The van der Waals surface area contributed by atoms with Crippen LogP contribution in [0.3, 0.4) is 0 Å². The summed E-state index contributed by atoms with van der Waals surface area (Å²) in [5.74, 6) is 1.55. The van der Waals surface area contributed by atoms with Crippen LogP contribution in [0.1, 0.15) is 30.0 Å². The Morgan fingerprint density at radius 3 is 2.60 bits per heavy atom. The Labute approximate surface area is 150 Å². The van der Waals surface area contributed by atoms with Gasteiger partial charge in [0.2, 0.25) is 0 Å². The van der Waals surface area contributed by atoms with Gasteiger partial charge in [0.15, 0.2) is 6.61 Å². The number of nitrogens with one attached hydrogen (secondary N) is 1. The number of hydrogen-bond donors (Lipinski definition) is 1. The fourth-order valence-electron chi connectivity index (χ4n) is 2.52. The van der Waals surface area contributed by atoms with Crippen LogP contribution < -0.4 is 14.8 Å². The number of carbonyl (C=O) groups excluding carboxylic acids is 1. The topological polar surface area (TPSA) is 47.6 Å². The molecule has 0 aliphatic rings. The van der Waals surface area contributed by atoms with Gasteiger partial charge in [0.25, 0.3) is 5.91 Å². The largest absolute Gasteiger partial charge is 0.494 e. The zero-order valence-corrected chi connectivity index (χ0v) is 15.3. The zero-order chi connectivity index (χ0) is 18.1. The minimum atomic E-state index is -0.101. The summed E-state index contributed by atoms with van der Waals surface area (Å²) >= 11 is 0. The van der Waals surface area contributed by atoms with Crippen molar-refractivity contribution in [3.63, 3.8) is 0 Å². The second kappa shape index (κ2) is 9.72. The molecule has 0 spiro atoms. The van der Waals surface area contributed by atoms with Gasteiger partial charge in [0, 0.05) is 6.54 Å². The molecule has 1 N–H and O–H groups in total. The third-order valence-corrected chi connectivity index (χ3v) is 4.07. The van der Waals surface area contributed by atoms with E-state index in [-0.39, 0.29) is 12.5 Å². The first-order chi connectivity index (χ1) is 12.1. The average Bonchev–Trinajstić information content (AvgIpc) is 2.61. The lowest BCUT2D eigenvalue weighted by molar-refractivity contribution is -0.123. The Hall–Kier alpha value is -2.49. The average molecular weight is 341 g/mol. The van der Waals surface area contributed by atoms with Gasteiger partial charge in [-0.3, -0.25) is 4.79 Å². The summed E-state index contributed by atoms with van der Waals surface area (Å²) in [6.45, 7) is 7.38. The van der Waals surface area contributed by atoms with E-state index in [2.05, 4.69) is 18.3 Å². The number of ether oxygens (including phenoxy) is 2. The monoisotopic (exact) mass is 341 g/mol. The molecule has 2 aromatic carbocycles. The maximum absolute atomic E-state index is 11.9. The number of amides is 1. The fraction of sp³-hybridized carbons (Fsp3) is 0.381. The van der Waals surface area contributed by atoms with Gasteiger partial charge in [-0.15, -0.1) is 0 Å². The first kappa shape index (κ1) is 18.8. The molecule has 25 heavy (non-hydrogen) atoms. The van der Waals surface area contributed by atoms with Gasteiger partial charge in [-0.05, 0) is 68.5 Å². The van der Waals surface area contributed by atoms with Crippen LogP contribution in [-0.2, 0) is 11.2 Å². The van der Waals surface area contributed by atoms with E-state index in [9.17, 15) is 4.79 Å². The van der Waals surface area contributed by atoms with Gasteiger partial charge in [-0.25, -0.2) is 0 Å². The van der Waals surface area contributed by atoms with Crippen molar-refractivity contribution in [2.75, 3.05) is 19.8 Å². The number of rotatable bonds is 9. The van der Waals surface area contributed by atoms with E-state index in [1.807, 2.05) is 50.2 Å². The minimum absolute atomic E-state index is 0.0397. The van der Waals surface area contributed by atoms with Crippen LogP contribution >= 0.6 is 0 Å². The summed E-state index contributed by atoms with van der Waals surface area (Å²) in [5.41, 5.74) is 3.54. The van der Waals surface area contributed by atoms with Gasteiger partial charge in [-0.1, -0.05) is 24.3 Å². The molecule has 0 fully saturated rings. The number of para-hydroxylation sites is 1. The second-order valence-electron chi connectivity index (χ2n) is 6.03. The van der Waals surface area contributed by atoms with Crippen molar-refractivity contribution in [3.05, 3.63) is 59.2 Å². The standard InChI is InChI=1S/C21H27NO3/c1-4-24-20-10-6-5-8-18(20)9-7-13-22-21(23)15-25-19-12-11-16(2)17(3)14-19/h5-6,8,10-12,14H,4,7,9,13,15H2,1-3H3,(H,22,23). The van der Waals surface area contributed by atoms with Crippen molar-refractivity contribution < 1.29 is 14.3 Å². The SMILES string of the molecule is CCOc1ccccc1CCCNC(=O)COc1ccc(C)c(C)c1. The van der Waals surface area contributed by atoms with Crippen molar-refractivity contribution in [2.24, 2.45) is 0 Å². The molecule has 4 heteroatoms. The number of aryl methyl sites for hydroxylation is 3. The quantitative estimate of drug-likeness (QED) is 0.705. The van der Waals surface area contributed by atoms with Crippen LogP contribution in [0, 0.1) is 13.8 Å². The molecule has 0 heterocycles. The van der Waals surface area contributed by atoms with Gasteiger partial charge in [0.1, 0.15) is 11.5 Å². The van der Waals surface area contributed by atoms with E-state index in [1.54, 1.807) is 0 Å². The third-order valence-electron chi connectivity index (χ3n) is 4.07. The molecule has 0 bridgehead atoms. The van der Waals surface area contributed by atoms with Gasteiger partial charge >= 0.3 is 0 Å². The molecule has 0 unspecified atom stereocenters. The first-order valence-electron chi connectivity index (χ1n) is 8.77. The summed E-state index contributed by atoms with van der Waals surface area (Å²) in [6.07, 6.45) is 1.73. The molecule has 0 radical (unpaired) electrons. The maximum Gasteiger partial charge on any atom is 0.257 e. The van der Waals surface area contributed by atoms with E-state index in [0.717, 1.165) is 29.9 Å². The Balaban J connectivity index is 1.69. The molecule has 2 rings (SSSR count). The Kier molecular flexibility index (Phi) is 7.33. The molecule has 134 valence electrons. The lowest BCUT2D eigenvalue weighted by Crippen LogP contribution is -2.29. The maximum atomic E-state index is 11.9. The Bertz CT molecular complexity index is 697. The van der Waals surface area contributed by atoms with Crippen molar-refractivity contribution in [1.82, 2.24) is 5.32 Å². The molecule has 2 aromatic rings. The molecule has 0 atom stereocenters. The van der Waals surface area contributed by atoms with Crippen LogP contribution in [0.15, 0.2) is 42.5 Å². The number of hydrogen-bond acceptors (Lipinski definition) is 3. The van der Waals surface area contributed by atoms with E-state index in [4.69, 9.17) is 9.47 Å². The van der Waals surface area contributed by atoms with E-state index >= 15 is 0 Å². The molecular formula is C21H27NO3. The lowest BCUT2D eigenvalue weighted by Gasteiger charge is -2.11. The zero-order valence-electron chi connectivity index (χ0n) is 15.3. The van der Waals surface area contributed by atoms with Crippen LogP contribution in [-0.4, -0.2) is 25.7 Å². The molecule has 1 amide bonds. The second-order valence-corrected chi connectivity index (χ2v) is 6.03. The summed E-state index contributed by atoms with van der Waals surface area (Å²) < 4.78 is 11.2. The molecule has 0 saturated carbocycles. The summed E-state index contributed by atoms with van der Waals surface area (Å²) in [6, 6.07) is 13.9. The first-order valence-corrected chi connectivity index (χ1v) is 8.77. The molecule has 0 saturated heterocycles. The Morgan fingerprint density at radius 1 is 1.04 bits per heavy atom. The van der Waals surface area contributed by atoms with E-state index < -0.39 is 0 Å². The normalized spacial score (nSPS) is 10.4. The summed E-state index contributed by atoms with van der Waals surface area (Å²) in [4.78, 5) is 11.9. The number of carbonyl (C=O) groups is 1. The molecule has 0 aliphatic carbocycles. The van der Waals surface area contributed by atoms with Crippen molar-refractivity contribution in [1.29, 1.82) is 0 Å². The fourth-order valence-corrected chi connectivity index (χ4v) is 2.52. The van der Waals surface area contributed by atoms with Crippen LogP contribution in [0.25, 0.3) is 0 Å². The van der Waals surface area contributed by atoms with E-state index in [0.29, 0.717) is 13.2 Å². The highest BCUT2D eigenvalue weighted by molar-refractivity contribution is 5.77. The van der Waals surface area contributed by atoms with Crippen LogP contribution in [0.5, 0.6) is 11.5 Å². The van der Waals surface area contributed by atoms with Gasteiger partial charge in [-0.2, -0.15) is 0 Å². The van der Waals surface area contributed by atoms with Crippen molar-refractivity contribution in [2.45, 2.75) is 33.6 Å². The predicted octanol–water partition coefficient (Wildman–Crippen LogP) is 3.83. The van der Waals surface area contributed by atoms with Crippen LogP contribution in [0.4, 0.5) is 0 Å². The van der Waals surface area contributed by atoms with Crippen LogP contribution in [0.2, 0.25) is 0 Å². The Morgan fingerprint density at radius 2 is 1.84 bits per heavy atom. The highest BCUT2D eigenvalue weighted by Crippen LogP contribution is 2.19. The minimum Gasteiger partial charge on any atom is -0.494 e. The predicted molar refractivity (Wildman–Crippen MR) is 100 cm³/mol. The van der Waals surface area contributed by atoms with Gasteiger partial charge < -0.3 is 14.8 Å². The van der Waals surface area contributed by atoms with Gasteiger partial charge in [0.05, 0.1) is 6.61 Å². The van der Waals surface area contributed by atoms with E-state index in [1.165, 1.54) is 11.1 Å². The highest BCUT2D eigenvalue weighted by atomic mass is 16.5. The van der Waals surface area contributed by atoms with Crippen molar-refractivity contribution >= 4 is 5.91 Å². The molecule has 0 aromatic heterocycles. The summed E-state index contributed by atoms with van der Waals surface area (Å²) in [7, 11) is 0. The lowest BCUT2D eigenvalue weighted by atomic mass is 10.1. The molecule has 4 nitrogen and oxygen atoms in total.